The van der Waals surface area contributed by atoms with E-state index in [4.69, 9.17) is 4.74 Å². The van der Waals surface area contributed by atoms with E-state index in [1.807, 2.05) is 12.1 Å². The van der Waals surface area contributed by atoms with E-state index in [0.29, 0.717) is 23.7 Å². The zero-order valence-electron chi connectivity index (χ0n) is 13.8. The largest absolute Gasteiger partial charge is 0.490 e. The lowest BCUT2D eigenvalue weighted by Gasteiger charge is -2.06. The van der Waals surface area contributed by atoms with Gasteiger partial charge in [-0.15, -0.1) is 0 Å². The number of aromatic nitrogens is 2. The molecule has 124 valence electrons. The maximum atomic E-state index is 12.5. The number of unbranched alkanes of at least 4 members (excludes halogenated alkanes) is 5. The molecular weight excluding hydrogens is 291 g/mol. The minimum absolute atomic E-state index is 0.452. The Bertz CT molecular complexity index is 555. The lowest BCUT2D eigenvalue weighted by molar-refractivity contribution is 0.302. The van der Waals surface area contributed by atoms with Crippen molar-refractivity contribution in [1.29, 1.82) is 0 Å². The van der Waals surface area contributed by atoms with Gasteiger partial charge in [0.15, 0.2) is 11.6 Å². The molecule has 0 unspecified atom stereocenters. The van der Waals surface area contributed by atoms with Gasteiger partial charge < -0.3 is 4.74 Å². The molecule has 3 nitrogen and oxygen atoms in total. The van der Waals surface area contributed by atoms with Gasteiger partial charge >= 0.3 is 0 Å². The molecule has 0 bridgehead atoms. The molecule has 0 atom stereocenters. The van der Waals surface area contributed by atoms with Gasteiger partial charge in [0.2, 0.25) is 0 Å². The first-order valence-electron chi connectivity index (χ1n) is 8.43. The predicted octanol–water partition coefficient (Wildman–Crippen LogP) is 5.35. The van der Waals surface area contributed by atoms with Crippen molar-refractivity contribution < 1.29 is 9.13 Å². The molecule has 0 fully saturated rings. The Hall–Kier alpha value is -1.97. The van der Waals surface area contributed by atoms with E-state index in [1.54, 1.807) is 24.5 Å². The third kappa shape index (κ3) is 5.97. The number of alkyl halides is 1. The molecule has 0 saturated carbocycles. The molecule has 0 N–H and O–H groups in total. The first-order valence-corrected chi connectivity index (χ1v) is 8.43. The minimum atomic E-state index is -0.452. The van der Waals surface area contributed by atoms with E-state index in [1.165, 1.54) is 32.1 Å². The highest BCUT2D eigenvalue weighted by molar-refractivity contribution is 5.55. The van der Waals surface area contributed by atoms with Crippen molar-refractivity contribution >= 4 is 0 Å². The summed E-state index contributed by atoms with van der Waals surface area (Å²) in [5.74, 6) is 1.32. The van der Waals surface area contributed by atoms with E-state index in [0.717, 1.165) is 12.0 Å². The standard InChI is InChI=1S/C19H25FN2O/c1-2-3-4-5-6-7-12-23-18-14-21-19(22-15-18)17-10-8-16(13-20)9-11-17/h8-11,14-15H,2-7,12-13H2,1H3. The SMILES string of the molecule is CCCCCCCCOc1cnc(-c2ccc(CF)cc2)nc1. The molecule has 1 aromatic carbocycles. The average molecular weight is 316 g/mol. The lowest BCUT2D eigenvalue weighted by Crippen LogP contribution is -1.99. The number of ether oxygens (including phenoxy) is 1. The van der Waals surface area contributed by atoms with Gasteiger partial charge in [0.1, 0.15) is 6.67 Å². The fraction of sp³-hybridized carbons (Fsp3) is 0.474. The van der Waals surface area contributed by atoms with Crippen LogP contribution in [-0.4, -0.2) is 16.6 Å². The predicted molar refractivity (Wildman–Crippen MR) is 91.2 cm³/mol. The summed E-state index contributed by atoms with van der Waals surface area (Å²) in [4.78, 5) is 8.63. The van der Waals surface area contributed by atoms with Gasteiger partial charge in [-0.1, -0.05) is 63.3 Å². The summed E-state index contributed by atoms with van der Waals surface area (Å²) >= 11 is 0. The van der Waals surface area contributed by atoms with Crippen LogP contribution in [-0.2, 0) is 6.67 Å². The second kappa shape index (κ2) is 9.93. The fourth-order valence-electron chi connectivity index (χ4n) is 2.36. The molecule has 0 aliphatic carbocycles. The summed E-state index contributed by atoms with van der Waals surface area (Å²) in [6.07, 6.45) is 10.9. The van der Waals surface area contributed by atoms with Crippen LogP contribution in [0.3, 0.4) is 0 Å². The van der Waals surface area contributed by atoms with Gasteiger partial charge in [-0.25, -0.2) is 14.4 Å². The van der Waals surface area contributed by atoms with E-state index in [9.17, 15) is 4.39 Å². The maximum absolute atomic E-state index is 12.5. The minimum Gasteiger partial charge on any atom is -0.490 e. The van der Waals surface area contributed by atoms with E-state index in [-0.39, 0.29) is 0 Å². The van der Waals surface area contributed by atoms with Gasteiger partial charge in [0, 0.05) is 5.56 Å². The van der Waals surface area contributed by atoms with E-state index < -0.39 is 6.67 Å². The number of hydrogen-bond acceptors (Lipinski definition) is 3. The van der Waals surface area contributed by atoms with Crippen molar-refractivity contribution in [2.75, 3.05) is 6.61 Å². The van der Waals surface area contributed by atoms with Gasteiger partial charge in [0.25, 0.3) is 0 Å². The molecule has 0 spiro atoms. The van der Waals surface area contributed by atoms with Crippen LogP contribution in [0, 0.1) is 0 Å². The van der Waals surface area contributed by atoms with Crippen LogP contribution in [0.5, 0.6) is 5.75 Å². The van der Waals surface area contributed by atoms with Gasteiger partial charge in [-0.2, -0.15) is 0 Å². The highest BCUT2D eigenvalue weighted by atomic mass is 19.1. The first-order chi connectivity index (χ1) is 11.3. The van der Waals surface area contributed by atoms with Crippen LogP contribution in [0.25, 0.3) is 11.4 Å². The third-order valence-corrected chi connectivity index (χ3v) is 3.76. The molecule has 23 heavy (non-hydrogen) atoms. The van der Waals surface area contributed by atoms with Crippen molar-refractivity contribution in [3.8, 4) is 17.1 Å². The molecule has 1 aromatic heterocycles. The Kier molecular flexibility index (Phi) is 7.50. The quantitative estimate of drug-likeness (QED) is 0.554. The van der Waals surface area contributed by atoms with Gasteiger partial charge in [0.05, 0.1) is 19.0 Å². The first kappa shape index (κ1) is 17.4. The number of nitrogens with zero attached hydrogens (tertiary/aromatic N) is 2. The van der Waals surface area contributed by atoms with Crippen LogP contribution < -0.4 is 4.74 Å². The molecular formula is C19H25FN2O. The van der Waals surface area contributed by atoms with E-state index in [2.05, 4.69) is 16.9 Å². The van der Waals surface area contributed by atoms with Crippen molar-refractivity contribution in [1.82, 2.24) is 9.97 Å². The molecule has 0 radical (unpaired) electrons. The molecule has 1 heterocycles. The highest BCUT2D eigenvalue weighted by Crippen LogP contribution is 2.18. The number of benzene rings is 1. The molecule has 4 heteroatoms. The number of hydrogen-bond donors (Lipinski definition) is 0. The van der Waals surface area contributed by atoms with Crippen molar-refractivity contribution in [3.63, 3.8) is 0 Å². The number of halogens is 1. The molecule has 0 saturated heterocycles. The van der Waals surface area contributed by atoms with Crippen LogP contribution in [0.1, 0.15) is 51.0 Å². The van der Waals surface area contributed by atoms with Crippen LogP contribution in [0.15, 0.2) is 36.7 Å². The monoisotopic (exact) mass is 316 g/mol. The smallest absolute Gasteiger partial charge is 0.159 e. The zero-order chi connectivity index (χ0) is 16.3. The Morgan fingerprint density at radius 3 is 2.22 bits per heavy atom. The number of rotatable bonds is 10. The van der Waals surface area contributed by atoms with Crippen LogP contribution in [0.4, 0.5) is 4.39 Å². The summed E-state index contributed by atoms with van der Waals surface area (Å²) in [6.45, 7) is 2.48. The normalized spacial score (nSPS) is 10.7. The van der Waals surface area contributed by atoms with Crippen molar-refractivity contribution in [3.05, 3.63) is 42.2 Å². The van der Waals surface area contributed by atoms with Crippen LogP contribution >= 0.6 is 0 Å². The molecule has 0 aliphatic rings. The molecule has 0 aliphatic heterocycles. The highest BCUT2D eigenvalue weighted by Gasteiger charge is 2.02. The Morgan fingerprint density at radius 1 is 0.913 bits per heavy atom. The Morgan fingerprint density at radius 2 is 1.57 bits per heavy atom. The van der Waals surface area contributed by atoms with Crippen molar-refractivity contribution in [2.24, 2.45) is 0 Å². The Balaban J connectivity index is 1.75. The summed E-state index contributed by atoms with van der Waals surface area (Å²) < 4.78 is 18.2. The molecule has 0 amide bonds. The summed E-state index contributed by atoms with van der Waals surface area (Å²) in [5, 5.41) is 0. The third-order valence-electron chi connectivity index (χ3n) is 3.76. The second-order valence-electron chi connectivity index (χ2n) is 5.69. The fourth-order valence-corrected chi connectivity index (χ4v) is 2.36. The topological polar surface area (TPSA) is 35.0 Å². The summed E-state index contributed by atoms with van der Waals surface area (Å²) in [5.41, 5.74) is 1.54. The van der Waals surface area contributed by atoms with Gasteiger partial charge in [-0.05, 0) is 12.0 Å². The summed E-state index contributed by atoms with van der Waals surface area (Å²) in [6, 6.07) is 7.17. The van der Waals surface area contributed by atoms with Gasteiger partial charge in [-0.3, -0.25) is 0 Å². The summed E-state index contributed by atoms with van der Waals surface area (Å²) in [7, 11) is 0. The molecule has 2 aromatic rings. The van der Waals surface area contributed by atoms with Crippen molar-refractivity contribution in [2.45, 2.75) is 52.1 Å². The Labute approximate surface area is 137 Å². The zero-order valence-corrected chi connectivity index (χ0v) is 13.8. The van der Waals surface area contributed by atoms with Crippen LogP contribution in [0.2, 0.25) is 0 Å². The molecule has 2 rings (SSSR count). The second-order valence-corrected chi connectivity index (χ2v) is 5.69. The maximum Gasteiger partial charge on any atom is 0.159 e. The van der Waals surface area contributed by atoms with E-state index >= 15 is 0 Å². The lowest BCUT2D eigenvalue weighted by atomic mass is 10.1. The average Bonchev–Trinajstić information content (AvgIpc) is 2.61.